The highest BCUT2D eigenvalue weighted by Crippen LogP contribution is 2.31. The van der Waals surface area contributed by atoms with Crippen LogP contribution in [0.4, 0.5) is 10.1 Å². The number of halogens is 1. The van der Waals surface area contributed by atoms with Gasteiger partial charge in [-0.1, -0.05) is 12.1 Å². The van der Waals surface area contributed by atoms with Gasteiger partial charge in [-0.15, -0.1) is 0 Å². The van der Waals surface area contributed by atoms with Crippen molar-refractivity contribution in [3.63, 3.8) is 0 Å². The second kappa shape index (κ2) is 5.13. The van der Waals surface area contributed by atoms with Gasteiger partial charge in [0.25, 0.3) is 0 Å². The predicted molar refractivity (Wildman–Crippen MR) is 75.0 cm³/mol. The van der Waals surface area contributed by atoms with Crippen molar-refractivity contribution in [1.82, 2.24) is 0 Å². The van der Waals surface area contributed by atoms with Gasteiger partial charge in [-0.05, 0) is 48.7 Å². The maximum absolute atomic E-state index is 13.3. The summed E-state index contributed by atoms with van der Waals surface area (Å²) in [6.45, 7) is 0. The summed E-state index contributed by atoms with van der Waals surface area (Å²) in [4.78, 5) is 0. The van der Waals surface area contributed by atoms with E-state index in [1.807, 2.05) is 12.1 Å². The number of nitrogen functional groups attached to an aromatic ring is 1. The zero-order valence-electron chi connectivity index (χ0n) is 10.9. The molecule has 0 aromatic heterocycles. The Bertz CT molecular complexity index is 626. The second-order valence-corrected chi connectivity index (χ2v) is 5.07. The molecule has 1 atom stereocenters. The van der Waals surface area contributed by atoms with Gasteiger partial charge in [0.2, 0.25) is 0 Å². The Balaban J connectivity index is 1.88. The highest BCUT2D eigenvalue weighted by Gasteiger charge is 2.24. The van der Waals surface area contributed by atoms with Gasteiger partial charge in [0.05, 0.1) is 6.10 Å². The first-order valence-electron chi connectivity index (χ1n) is 6.63. The van der Waals surface area contributed by atoms with Crippen molar-refractivity contribution >= 4 is 5.69 Å². The predicted octanol–water partition coefficient (Wildman–Crippen LogP) is 3.03. The summed E-state index contributed by atoms with van der Waals surface area (Å²) in [6, 6.07) is 11.2. The number of hydrogen-bond acceptors (Lipinski definition) is 3. The van der Waals surface area contributed by atoms with E-state index < -0.39 is 11.9 Å². The zero-order valence-corrected chi connectivity index (χ0v) is 10.9. The SMILES string of the molecule is Nc1ccc(F)cc1C(O)c1cccc(OC2CC2)c1. The first kappa shape index (κ1) is 12.9. The minimum absolute atomic E-state index is 0.293. The molecule has 3 nitrogen and oxygen atoms in total. The van der Waals surface area contributed by atoms with Crippen molar-refractivity contribution in [3.05, 3.63) is 59.4 Å². The van der Waals surface area contributed by atoms with Crippen LogP contribution in [0.25, 0.3) is 0 Å². The largest absolute Gasteiger partial charge is 0.490 e. The highest BCUT2D eigenvalue weighted by atomic mass is 19.1. The molecule has 1 fully saturated rings. The van der Waals surface area contributed by atoms with Crippen molar-refractivity contribution in [2.75, 3.05) is 5.73 Å². The van der Waals surface area contributed by atoms with Crippen LogP contribution in [0.2, 0.25) is 0 Å². The zero-order chi connectivity index (χ0) is 14.1. The molecular weight excluding hydrogens is 257 g/mol. The molecule has 2 aromatic carbocycles. The van der Waals surface area contributed by atoms with E-state index >= 15 is 0 Å². The minimum atomic E-state index is -0.964. The Morgan fingerprint density at radius 1 is 1.20 bits per heavy atom. The third-order valence-corrected chi connectivity index (χ3v) is 3.34. The summed E-state index contributed by atoms with van der Waals surface area (Å²) in [6.07, 6.45) is 1.47. The van der Waals surface area contributed by atoms with Crippen LogP contribution in [-0.2, 0) is 0 Å². The number of rotatable bonds is 4. The van der Waals surface area contributed by atoms with Crippen molar-refractivity contribution in [1.29, 1.82) is 0 Å². The molecule has 0 aliphatic heterocycles. The third kappa shape index (κ3) is 2.75. The minimum Gasteiger partial charge on any atom is -0.490 e. The summed E-state index contributed by atoms with van der Waals surface area (Å²) in [5, 5.41) is 10.4. The first-order valence-corrected chi connectivity index (χ1v) is 6.63. The molecule has 2 aromatic rings. The molecule has 104 valence electrons. The molecule has 0 radical (unpaired) electrons. The van der Waals surface area contributed by atoms with Crippen molar-refractivity contribution in [2.45, 2.75) is 25.0 Å². The highest BCUT2D eigenvalue weighted by molar-refractivity contribution is 5.51. The van der Waals surface area contributed by atoms with Crippen LogP contribution in [0.5, 0.6) is 5.75 Å². The summed E-state index contributed by atoms with van der Waals surface area (Å²) in [7, 11) is 0. The van der Waals surface area contributed by atoms with Crippen LogP contribution in [0.3, 0.4) is 0 Å². The molecule has 1 unspecified atom stereocenters. The number of anilines is 1. The Labute approximate surface area is 116 Å². The fourth-order valence-electron chi connectivity index (χ4n) is 2.10. The Hall–Kier alpha value is -2.07. The molecule has 3 rings (SSSR count). The molecule has 0 spiro atoms. The topological polar surface area (TPSA) is 55.5 Å². The van der Waals surface area contributed by atoms with E-state index in [2.05, 4.69) is 0 Å². The smallest absolute Gasteiger partial charge is 0.123 e. The van der Waals surface area contributed by atoms with Gasteiger partial charge in [0.1, 0.15) is 17.7 Å². The number of hydrogen-bond donors (Lipinski definition) is 2. The van der Waals surface area contributed by atoms with Crippen LogP contribution in [0.15, 0.2) is 42.5 Å². The molecule has 1 aliphatic rings. The van der Waals surface area contributed by atoms with Gasteiger partial charge in [0, 0.05) is 11.3 Å². The summed E-state index contributed by atoms with van der Waals surface area (Å²) in [5.74, 6) is 0.303. The van der Waals surface area contributed by atoms with Crippen LogP contribution in [0.1, 0.15) is 30.1 Å². The van der Waals surface area contributed by atoms with Gasteiger partial charge in [-0.2, -0.15) is 0 Å². The lowest BCUT2D eigenvalue weighted by molar-refractivity contribution is 0.219. The molecule has 20 heavy (non-hydrogen) atoms. The lowest BCUT2D eigenvalue weighted by atomic mass is 10.00. The number of benzene rings is 2. The second-order valence-electron chi connectivity index (χ2n) is 5.07. The van der Waals surface area contributed by atoms with Crippen LogP contribution in [-0.4, -0.2) is 11.2 Å². The van der Waals surface area contributed by atoms with Crippen LogP contribution < -0.4 is 10.5 Å². The molecule has 0 saturated heterocycles. The quantitative estimate of drug-likeness (QED) is 0.842. The monoisotopic (exact) mass is 273 g/mol. The fourth-order valence-corrected chi connectivity index (χ4v) is 2.10. The van der Waals surface area contributed by atoms with E-state index in [9.17, 15) is 9.50 Å². The van der Waals surface area contributed by atoms with Crippen molar-refractivity contribution in [2.24, 2.45) is 0 Å². The number of aliphatic hydroxyl groups excluding tert-OH is 1. The molecule has 0 amide bonds. The van der Waals surface area contributed by atoms with Gasteiger partial charge in [-0.25, -0.2) is 4.39 Å². The summed E-state index contributed by atoms with van der Waals surface area (Å²) >= 11 is 0. The summed E-state index contributed by atoms with van der Waals surface area (Å²) in [5.41, 5.74) is 7.17. The molecule has 0 heterocycles. The fraction of sp³-hybridized carbons (Fsp3) is 0.250. The maximum atomic E-state index is 13.3. The molecule has 0 bridgehead atoms. The van der Waals surface area contributed by atoms with E-state index in [0.717, 1.165) is 18.6 Å². The Morgan fingerprint density at radius 3 is 2.75 bits per heavy atom. The van der Waals surface area contributed by atoms with E-state index in [0.29, 0.717) is 22.9 Å². The first-order chi connectivity index (χ1) is 9.63. The number of aliphatic hydroxyl groups is 1. The van der Waals surface area contributed by atoms with Gasteiger partial charge < -0.3 is 15.6 Å². The van der Waals surface area contributed by atoms with E-state index in [4.69, 9.17) is 10.5 Å². The van der Waals surface area contributed by atoms with E-state index in [1.54, 1.807) is 12.1 Å². The summed E-state index contributed by atoms with van der Waals surface area (Å²) < 4.78 is 19.0. The Morgan fingerprint density at radius 2 is 2.00 bits per heavy atom. The number of ether oxygens (including phenoxy) is 1. The van der Waals surface area contributed by atoms with Gasteiger partial charge in [-0.3, -0.25) is 0 Å². The standard InChI is InChI=1S/C16H16FNO2/c17-11-4-7-15(18)14(9-11)16(19)10-2-1-3-13(8-10)20-12-5-6-12/h1-4,7-9,12,16,19H,5-6,18H2. The van der Waals surface area contributed by atoms with E-state index in [-0.39, 0.29) is 0 Å². The van der Waals surface area contributed by atoms with Gasteiger partial charge >= 0.3 is 0 Å². The lowest BCUT2D eigenvalue weighted by Crippen LogP contribution is -2.05. The van der Waals surface area contributed by atoms with Crippen LogP contribution >= 0.6 is 0 Å². The van der Waals surface area contributed by atoms with E-state index in [1.165, 1.54) is 18.2 Å². The Kier molecular flexibility index (Phi) is 3.32. The molecule has 1 aliphatic carbocycles. The third-order valence-electron chi connectivity index (χ3n) is 3.34. The average Bonchev–Trinajstić information content (AvgIpc) is 3.25. The van der Waals surface area contributed by atoms with Crippen molar-refractivity contribution < 1.29 is 14.2 Å². The molecule has 3 N–H and O–H groups in total. The average molecular weight is 273 g/mol. The molecule has 1 saturated carbocycles. The lowest BCUT2D eigenvalue weighted by Gasteiger charge is -2.15. The molecular formula is C16H16FNO2. The van der Waals surface area contributed by atoms with Gasteiger partial charge in [0.15, 0.2) is 0 Å². The van der Waals surface area contributed by atoms with Crippen molar-refractivity contribution in [3.8, 4) is 5.75 Å². The maximum Gasteiger partial charge on any atom is 0.123 e. The van der Waals surface area contributed by atoms with Crippen LogP contribution in [0, 0.1) is 5.82 Å². The molecule has 4 heteroatoms. The number of nitrogens with two attached hydrogens (primary N) is 1. The normalized spacial score (nSPS) is 15.9.